The summed E-state index contributed by atoms with van der Waals surface area (Å²) in [6.07, 6.45) is 1.50. The predicted octanol–water partition coefficient (Wildman–Crippen LogP) is 4.14. The molecule has 2 aromatic heterocycles. The minimum Gasteiger partial charge on any atom is -0.458 e. The van der Waals surface area contributed by atoms with Gasteiger partial charge in [-0.05, 0) is 52.4 Å². The second kappa shape index (κ2) is 9.74. The highest BCUT2D eigenvalue weighted by Gasteiger charge is 2.21. The van der Waals surface area contributed by atoms with Crippen LogP contribution in [0.15, 0.2) is 36.5 Å². The molecule has 0 aliphatic carbocycles. The molecule has 164 valence electrons. The van der Waals surface area contributed by atoms with Gasteiger partial charge in [0.25, 0.3) is 0 Å². The lowest BCUT2D eigenvalue weighted by Crippen LogP contribution is -2.22. The van der Waals surface area contributed by atoms with Gasteiger partial charge in [-0.3, -0.25) is 9.36 Å². The van der Waals surface area contributed by atoms with E-state index in [1.165, 1.54) is 5.56 Å². The van der Waals surface area contributed by atoms with Crippen LogP contribution in [0, 0.1) is 13.8 Å². The van der Waals surface area contributed by atoms with Crippen molar-refractivity contribution in [2.45, 2.75) is 53.8 Å². The lowest BCUT2D eigenvalue weighted by Gasteiger charge is -2.12. The summed E-state index contributed by atoms with van der Waals surface area (Å²) in [5.41, 5.74) is 4.50. The van der Waals surface area contributed by atoms with Gasteiger partial charge in [0.1, 0.15) is 0 Å². The van der Waals surface area contributed by atoms with E-state index in [1.807, 2.05) is 43.7 Å². The van der Waals surface area contributed by atoms with E-state index in [2.05, 4.69) is 33.0 Å². The monoisotopic (exact) mass is 440 g/mol. The second-order valence-electron chi connectivity index (χ2n) is 7.47. The van der Waals surface area contributed by atoms with Gasteiger partial charge in [-0.2, -0.15) is 10.2 Å². The molecule has 3 aromatic rings. The van der Waals surface area contributed by atoms with Crippen LogP contribution in [-0.4, -0.2) is 36.7 Å². The summed E-state index contributed by atoms with van der Waals surface area (Å²) < 4.78 is 8.90. The van der Waals surface area contributed by atoms with E-state index in [4.69, 9.17) is 17.0 Å². The van der Waals surface area contributed by atoms with Crippen LogP contribution >= 0.6 is 12.2 Å². The van der Waals surface area contributed by atoms with Crippen LogP contribution in [0.3, 0.4) is 0 Å². The van der Waals surface area contributed by atoms with Crippen molar-refractivity contribution >= 4 is 34.7 Å². The Hall–Kier alpha value is -3.20. The van der Waals surface area contributed by atoms with Crippen molar-refractivity contribution in [3.05, 3.63) is 59.2 Å². The molecule has 3 rings (SSSR count). The van der Waals surface area contributed by atoms with Gasteiger partial charge in [-0.1, -0.05) is 30.3 Å². The maximum absolute atomic E-state index is 12.4. The van der Waals surface area contributed by atoms with Crippen molar-refractivity contribution in [2.75, 3.05) is 10.6 Å². The number of benzene rings is 1. The van der Waals surface area contributed by atoms with Crippen LogP contribution < -0.4 is 10.6 Å². The number of ether oxygens (including phenoxy) is 1. The summed E-state index contributed by atoms with van der Waals surface area (Å²) in [4.78, 5) is 12.4. The molecule has 0 unspecified atom stereocenters. The Bertz CT molecular complexity index is 1070. The molecule has 0 atom stereocenters. The highest BCUT2D eigenvalue weighted by molar-refractivity contribution is 7.80. The molecule has 0 saturated heterocycles. The molecule has 0 aliphatic heterocycles. The van der Waals surface area contributed by atoms with Crippen LogP contribution in [0.1, 0.15) is 48.2 Å². The van der Waals surface area contributed by atoms with E-state index >= 15 is 0 Å². The topological polar surface area (TPSA) is 86.0 Å². The van der Waals surface area contributed by atoms with Crippen LogP contribution in [0.2, 0.25) is 0 Å². The van der Waals surface area contributed by atoms with E-state index in [0.29, 0.717) is 23.9 Å². The molecule has 31 heavy (non-hydrogen) atoms. The van der Waals surface area contributed by atoms with Crippen molar-refractivity contribution in [3.8, 4) is 0 Å². The Balaban J connectivity index is 1.76. The van der Waals surface area contributed by atoms with Crippen molar-refractivity contribution in [1.82, 2.24) is 19.6 Å². The number of nitrogens with zero attached hydrogens (tertiary/aromatic N) is 4. The summed E-state index contributed by atoms with van der Waals surface area (Å²) >= 11 is 5.51. The number of thiocarbonyl (C=S) groups is 1. The molecule has 0 spiro atoms. The van der Waals surface area contributed by atoms with E-state index in [-0.39, 0.29) is 11.8 Å². The fourth-order valence-electron chi connectivity index (χ4n) is 3.15. The zero-order valence-electron chi connectivity index (χ0n) is 18.5. The molecule has 0 saturated carbocycles. The maximum atomic E-state index is 12.4. The van der Waals surface area contributed by atoms with Gasteiger partial charge in [0.05, 0.1) is 35.4 Å². The number of aryl methyl sites for hydroxylation is 2. The number of aromatic nitrogens is 4. The van der Waals surface area contributed by atoms with Gasteiger partial charge in [-0.25, -0.2) is 4.79 Å². The normalized spacial score (nSPS) is 10.9. The number of anilines is 2. The number of nitrogens with one attached hydrogen (secondary N) is 2. The Labute approximate surface area is 187 Å². The van der Waals surface area contributed by atoms with Crippen LogP contribution in [0.5, 0.6) is 0 Å². The largest absolute Gasteiger partial charge is 0.458 e. The first-order valence-electron chi connectivity index (χ1n) is 10.2. The number of hydrogen-bond acceptors (Lipinski definition) is 5. The zero-order chi connectivity index (χ0) is 22.5. The minimum atomic E-state index is -0.490. The van der Waals surface area contributed by atoms with Crippen molar-refractivity contribution < 1.29 is 9.53 Å². The zero-order valence-corrected chi connectivity index (χ0v) is 19.3. The summed E-state index contributed by atoms with van der Waals surface area (Å²) in [7, 11) is 0. The third-order valence-electron chi connectivity index (χ3n) is 4.67. The SMILES string of the molecule is CCn1cc(NC(=S)Nc2c(C)nn(Cc3ccccc3)c2C)c(C(=O)OC(C)C)n1. The Morgan fingerprint density at radius 3 is 2.52 bits per heavy atom. The minimum absolute atomic E-state index is 0.202. The summed E-state index contributed by atoms with van der Waals surface area (Å²) in [6, 6.07) is 10.2. The fourth-order valence-corrected chi connectivity index (χ4v) is 3.36. The Morgan fingerprint density at radius 2 is 1.87 bits per heavy atom. The molecule has 0 amide bonds. The fraction of sp³-hybridized carbons (Fsp3) is 0.364. The molecule has 1 aromatic carbocycles. The van der Waals surface area contributed by atoms with Crippen molar-refractivity contribution in [2.24, 2.45) is 0 Å². The smallest absolute Gasteiger partial charge is 0.361 e. The quantitative estimate of drug-likeness (QED) is 0.422. The van der Waals surface area contributed by atoms with Crippen LogP contribution in [-0.2, 0) is 17.8 Å². The van der Waals surface area contributed by atoms with Crippen LogP contribution in [0.4, 0.5) is 11.4 Å². The van der Waals surface area contributed by atoms with E-state index in [9.17, 15) is 4.79 Å². The van der Waals surface area contributed by atoms with E-state index in [1.54, 1.807) is 24.7 Å². The van der Waals surface area contributed by atoms with Gasteiger partial charge in [0, 0.05) is 12.7 Å². The Kier molecular flexibility index (Phi) is 7.06. The molecule has 2 N–H and O–H groups in total. The summed E-state index contributed by atoms with van der Waals surface area (Å²) in [5, 5.41) is 15.6. The number of hydrogen-bond donors (Lipinski definition) is 2. The summed E-state index contributed by atoms with van der Waals surface area (Å²) in [5.74, 6) is -0.490. The van der Waals surface area contributed by atoms with Gasteiger partial charge in [0.15, 0.2) is 10.8 Å². The third kappa shape index (κ3) is 5.49. The van der Waals surface area contributed by atoms with Gasteiger partial charge < -0.3 is 15.4 Å². The average Bonchev–Trinajstić information content (AvgIpc) is 3.24. The first kappa shape index (κ1) is 22.5. The highest BCUT2D eigenvalue weighted by atomic mass is 32.1. The second-order valence-corrected chi connectivity index (χ2v) is 7.88. The first-order valence-corrected chi connectivity index (χ1v) is 10.6. The van der Waals surface area contributed by atoms with Crippen LogP contribution in [0.25, 0.3) is 0 Å². The van der Waals surface area contributed by atoms with E-state index in [0.717, 1.165) is 17.1 Å². The number of carbonyl (C=O) groups is 1. The Morgan fingerprint density at radius 1 is 1.16 bits per heavy atom. The van der Waals surface area contributed by atoms with Gasteiger partial charge >= 0.3 is 5.97 Å². The lowest BCUT2D eigenvalue weighted by molar-refractivity contribution is 0.0371. The van der Waals surface area contributed by atoms with Gasteiger partial charge in [-0.15, -0.1) is 0 Å². The average molecular weight is 441 g/mol. The maximum Gasteiger partial charge on any atom is 0.361 e. The molecule has 8 nitrogen and oxygen atoms in total. The van der Waals surface area contributed by atoms with E-state index < -0.39 is 5.97 Å². The number of esters is 1. The third-order valence-corrected chi connectivity index (χ3v) is 4.87. The van der Waals surface area contributed by atoms with Crippen molar-refractivity contribution in [1.29, 1.82) is 0 Å². The lowest BCUT2D eigenvalue weighted by atomic mass is 10.2. The van der Waals surface area contributed by atoms with Gasteiger partial charge in [0.2, 0.25) is 0 Å². The molecule has 0 radical (unpaired) electrons. The number of rotatable bonds is 7. The molecule has 0 bridgehead atoms. The number of carbonyl (C=O) groups excluding carboxylic acids is 1. The molecule has 0 fully saturated rings. The molecule has 9 heteroatoms. The summed E-state index contributed by atoms with van der Waals surface area (Å²) in [6.45, 7) is 10.8. The standard InChI is InChI=1S/C22H28N6O2S/c1-6-27-13-18(20(26-27)21(29)30-14(2)3)23-22(31)24-19-15(4)25-28(16(19)5)12-17-10-8-7-9-11-17/h7-11,13-14H,6,12H2,1-5H3,(H2,23,24,31). The molecular weight excluding hydrogens is 412 g/mol. The molecular formula is C22H28N6O2S. The molecule has 2 heterocycles. The van der Waals surface area contributed by atoms with Crippen molar-refractivity contribution in [3.63, 3.8) is 0 Å². The molecule has 0 aliphatic rings. The first-order chi connectivity index (χ1) is 14.8. The predicted molar refractivity (Wildman–Crippen MR) is 126 cm³/mol. The highest BCUT2D eigenvalue weighted by Crippen LogP contribution is 2.22.